The maximum absolute atomic E-state index is 12.6. The van der Waals surface area contributed by atoms with Crippen LogP contribution in [0.15, 0.2) is 57.6 Å². The average molecular weight is 435 g/mol. The normalized spacial score (nSPS) is 12.3. The fraction of sp³-hybridized carbons (Fsp3) is 0.211. The van der Waals surface area contributed by atoms with Crippen LogP contribution in [0.4, 0.5) is 5.69 Å². The smallest absolute Gasteiger partial charge is 0.295 e. The van der Waals surface area contributed by atoms with Crippen molar-refractivity contribution >= 4 is 44.1 Å². The van der Waals surface area contributed by atoms with Crippen LogP contribution in [0.3, 0.4) is 0 Å². The highest BCUT2D eigenvalue weighted by atomic mass is 35.5. The van der Waals surface area contributed by atoms with Gasteiger partial charge in [0, 0.05) is 29.1 Å². The maximum Gasteiger partial charge on any atom is 0.295 e. The number of amides is 1. The summed E-state index contributed by atoms with van der Waals surface area (Å²) < 4.78 is 26.6. The molecule has 2 aromatic carbocycles. The third-order valence-corrected chi connectivity index (χ3v) is 6.66. The van der Waals surface area contributed by atoms with Gasteiger partial charge < -0.3 is 10.1 Å². The Morgan fingerprint density at radius 2 is 1.90 bits per heavy atom. The van der Waals surface area contributed by atoms with Crippen molar-refractivity contribution in [1.82, 2.24) is 9.29 Å². The van der Waals surface area contributed by atoms with Gasteiger partial charge in [-0.25, -0.2) is 8.42 Å². The van der Waals surface area contributed by atoms with Gasteiger partial charge in [0.15, 0.2) is 5.69 Å². The number of fused-ring (bicyclic) bond motifs is 1. The molecule has 0 unspecified atom stereocenters. The molecular weight excluding hydrogens is 416 g/mol. The zero-order valence-corrected chi connectivity index (χ0v) is 17.3. The van der Waals surface area contributed by atoms with Crippen LogP contribution >= 0.6 is 11.6 Å². The first-order valence-corrected chi connectivity index (χ1v) is 10.7. The number of azo groups is 1. The van der Waals surface area contributed by atoms with Gasteiger partial charge in [0.05, 0.1) is 10.4 Å². The van der Waals surface area contributed by atoms with Gasteiger partial charge in [-0.3, -0.25) is 4.79 Å². The monoisotopic (exact) mass is 434 g/mol. The minimum atomic E-state index is -3.71. The van der Waals surface area contributed by atoms with Crippen LogP contribution in [0, 0.1) is 0 Å². The van der Waals surface area contributed by atoms with Crippen molar-refractivity contribution in [3.05, 3.63) is 53.1 Å². The second kappa shape index (κ2) is 8.32. The second-order valence-corrected chi connectivity index (χ2v) is 8.51. The Labute approximate surface area is 172 Å². The van der Waals surface area contributed by atoms with Gasteiger partial charge in [-0.15, -0.1) is 10.2 Å². The van der Waals surface area contributed by atoms with Gasteiger partial charge in [0.25, 0.3) is 5.91 Å². The fourth-order valence-electron chi connectivity index (χ4n) is 2.89. The number of aromatic hydroxyl groups is 1. The predicted octanol–water partition coefficient (Wildman–Crippen LogP) is 4.48. The number of aromatic nitrogens is 1. The zero-order valence-electron chi connectivity index (χ0n) is 15.8. The number of H-pyrrole nitrogens is 1. The second-order valence-electron chi connectivity index (χ2n) is 6.13. The largest absolute Gasteiger partial charge is 0.493 e. The molecule has 1 heterocycles. The summed E-state index contributed by atoms with van der Waals surface area (Å²) in [7, 11) is -3.71. The molecular formula is C19H19ClN4O4S. The van der Waals surface area contributed by atoms with Crippen LogP contribution in [-0.4, -0.2) is 41.8 Å². The molecule has 3 aromatic rings. The van der Waals surface area contributed by atoms with E-state index in [1.54, 1.807) is 32.0 Å². The first-order valence-electron chi connectivity index (χ1n) is 8.84. The maximum atomic E-state index is 12.6. The first kappa shape index (κ1) is 21.0. The minimum absolute atomic E-state index is 0.00368. The standard InChI is InChI=1S/C19H19ClN4O4S/c1-3-24(4-2)29(27,28)14-7-5-6-12(10-14)18(25)23-22-17-15-11-13(20)8-9-16(15)21-19(17)26/h5-11,21,26H,3-4H2,1-2H3. The lowest BCUT2D eigenvalue weighted by Gasteiger charge is -2.18. The average Bonchev–Trinajstić information content (AvgIpc) is 3.01. The van der Waals surface area contributed by atoms with E-state index in [1.807, 2.05) is 0 Å². The lowest BCUT2D eigenvalue weighted by Crippen LogP contribution is -2.30. The van der Waals surface area contributed by atoms with Crippen molar-refractivity contribution in [3.63, 3.8) is 0 Å². The molecule has 10 heteroatoms. The van der Waals surface area contributed by atoms with Gasteiger partial charge >= 0.3 is 0 Å². The molecule has 29 heavy (non-hydrogen) atoms. The molecule has 0 spiro atoms. The summed E-state index contributed by atoms with van der Waals surface area (Å²) in [6.07, 6.45) is 0. The number of aromatic amines is 1. The van der Waals surface area contributed by atoms with Gasteiger partial charge in [0.1, 0.15) is 0 Å². The van der Waals surface area contributed by atoms with Crippen molar-refractivity contribution in [2.45, 2.75) is 18.7 Å². The van der Waals surface area contributed by atoms with Crippen molar-refractivity contribution < 1.29 is 18.3 Å². The highest BCUT2D eigenvalue weighted by Gasteiger charge is 2.22. The van der Waals surface area contributed by atoms with Crippen molar-refractivity contribution in [2.24, 2.45) is 10.2 Å². The third kappa shape index (κ3) is 4.16. The molecule has 0 fully saturated rings. The Balaban J connectivity index is 1.93. The first-order chi connectivity index (χ1) is 13.8. The van der Waals surface area contributed by atoms with E-state index in [0.29, 0.717) is 29.0 Å². The number of carbonyl (C=O) groups is 1. The number of nitrogens with one attached hydrogen (secondary N) is 1. The van der Waals surface area contributed by atoms with Crippen LogP contribution in [0.5, 0.6) is 5.88 Å². The number of carbonyl (C=O) groups excluding carboxylic acids is 1. The molecule has 1 aromatic heterocycles. The van der Waals surface area contributed by atoms with E-state index in [0.717, 1.165) is 0 Å². The molecule has 0 saturated carbocycles. The molecule has 0 aliphatic rings. The Kier molecular flexibility index (Phi) is 6.02. The summed E-state index contributed by atoms with van der Waals surface area (Å²) >= 11 is 5.97. The molecule has 1 amide bonds. The SMILES string of the molecule is CCN(CC)S(=O)(=O)c1cccc(C(=O)N=Nc2c(O)[nH]c3ccc(Cl)cc23)c1. The van der Waals surface area contributed by atoms with Gasteiger partial charge in [-0.2, -0.15) is 4.31 Å². The number of nitrogens with zero attached hydrogens (tertiary/aromatic N) is 3. The van der Waals surface area contributed by atoms with E-state index in [1.165, 1.54) is 28.6 Å². The van der Waals surface area contributed by atoms with Crippen molar-refractivity contribution in [1.29, 1.82) is 0 Å². The van der Waals surface area contributed by atoms with Crippen LogP contribution in [-0.2, 0) is 10.0 Å². The molecule has 8 nitrogen and oxygen atoms in total. The molecule has 3 rings (SSSR count). The highest BCUT2D eigenvalue weighted by Crippen LogP contribution is 2.36. The van der Waals surface area contributed by atoms with Gasteiger partial charge in [-0.05, 0) is 36.4 Å². The van der Waals surface area contributed by atoms with E-state index < -0.39 is 15.9 Å². The van der Waals surface area contributed by atoms with E-state index >= 15 is 0 Å². The number of hydrogen-bond acceptors (Lipinski definition) is 5. The Morgan fingerprint density at radius 3 is 2.59 bits per heavy atom. The van der Waals surface area contributed by atoms with E-state index in [2.05, 4.69) is 15.2 Å². The number of sulfonamides is 1. The summed E-state index contributed by atoms with van der Waals surface area (Å²) in [5.74, 6) is -0.992. The van der Waals surface area contributed by atoms with Crippen LogP contribution in [0.1, 0.15) is 24.2 Å². The Bertz CT molecular complexity index is 1200. The molecule has 0 saturated heterocycles. The minimum Gasteiger partial charge on any atom is -0.493 e. The molecule has 0 atom stereocenters. The van der Waals surface area contributed by atoms with Crippen molar-refractivity contribution in [3.8, 4) is 5.88 Å². The lowest BCUT2D eigenvalue weighted by atomic mass is 10.2. The topological polar surface area (TPSA) is 115 Å². The quantitative estimate of drug-likeness (QED) is 0.556. The van der Waals surface area contributed by atoms with E-state index in [-0.39, 0.29) is 22.0 Å². The molecule has 2 N–H and O–H groups in total. The number of benzene rings is 2. The predicted molar refractivity (Wildman–Crippen MR) is 110 cm³/mol. The van der Waals surface area contributed by atoms with E-state index in [9.17, 15) is 18.3 Å². The molecule has 152 valence electrons. The van der Waals surface area contributed by atoms with Crippen LogP contribution in [0.25, 0.3) is 10.9 Å². The number of rotatable bonds is 6. The molecule has 0 aliphatic heterocycles. The summed E-state index contributed by atoms with van der Waals surface area (Å²) in [6.45, 7) is 4.12. The molecule has 0 radical (unpaired) electrons. The zero-order chi connectivity index (χ0) is 21.2. The summed E-state index contributed by atoms with van der Waals surface area (Å²) in [5.41, 5.74) is 0.725. The number of hydrogen-bond donors (Lipinski definition) is 2. The lowest BCUT2D eigenvalue weighted by molar-refractivity contribution is 0.0995. The van der Waals surface area contributed by atoms with Crippen LogP contribution in [0.2, 0.25) is 5.02 Å². The summed E-state index contributed by atoms with van der Waals surface area (Å²) in [6, 6.07) is 10.5. The van der Waals surface area contributed by atoms with E-state index in [4.69, 9.17) is 11.6 Å². The van der Waals surface area contributed by atoms with Gasteiger partial charge in [0.2, 0.25) is 15.9 Å². The Morgan fingerprint density at radius 1 is 1.17 bits per heavy atom. The highest BCUT2D eigenvalue weighted by molar-refractivity contribution is 7.89. The van der Waals surface area contributed by atoms with Crippen molar-refractivity contribution in [2.75, 3.05) is 13.1 Å². The number of halogens is 1. The summed E-state index contributed by atoms with van der Waals surface area (Å²) in [5, 5.41) is 18.5. The molecule has 0 bridgehead atoms. The van der Waals surface area contributed by atoms with Gasteiger partial charge in [-0.1, -0.05) is 31.5 Å². The van der Waals surface area contributed by atoms with Crippen LogP contribution < -0.4 is 0 Å². The fourth-order valence-corrected chi connectivity index (χ4v) is 4.57. The third-order valence-electron chi connectivity index (χ3n) is 4.38. The Hall–Kier alpha value is -2.75. The molecule has 0 aliphatic carbocycles. The summed E-state index contributed by atoms with van der Waals surface area (Å²) in [4.78, 5) is 15.2.